The predicted molar refractivity (Wildman–Crippen MR) is 327 cm³/mol. The van der Waals surface area contributed by atoms with E-state index in [0.717, 1.165) is 51.6 Å². The van der Waals surface area contributed by atoms with E-state index in [2.05, 4.69) is 65.9 Å². The largest absolute Gasteiger partial charge is 0.379 e. The van der Waals surface area contributed by atoms with Crippen LogP contribution in [-0.4, -0.2) is 181 Å². The maximum atomic E-state index is 12.7. The molecule has 0 unspecified atom stereocenters. The summed E-state index contributed by atoms with van der Waals surface area (Å²) in [6.07, 6.45) is 43.8. The molecule has 0 saturated heterocycles. The summed E-state index contributed by atoms with van der Waals surface area (Å²) in [6, 6.07) is 0. The first-order valence-corrected chi connectivity index (χ1v) is 32.5. The summed E-state index contributed by atoms with van der Waals surface area (Å²) in [5, 5.41) is 9.20. The first-order valence-electron chi connectivity index (χ1n) is 32.5. The van der Waals surface area contributed by atoms with Gasteiger partial charge >= 0.3 is 0 Å². The number of ether oxygens (including phenoxy) is 9. The zero-order valence-corrected chi connectivity index (χ0v) is 51.8. The smallest absolute Gasteiger partial charge is 0.222 e. The number of hydrogen-bond donors (Lipinski definition) is 3. The third kappa shape index (κ3) is 66.3. The van der Waals surface area contributed by atoms with E-state index in [1.54, 1.807) is 0 Å². The quantitative estimate of drug-likeness (QED) is 0.0388. The molecule has 16 nitrogen and oxygen atoms in total. The van der Waals surface area contributed by atoms with Crippen molar-refractivity contribution in [2.24, 2.45) is 0 Å². The monoisotopic (exact) mass is 1140 g/mol. The van der Waals surface area contributed by atoms with Gasteiger partial charge < -0.3 is 58.6 Å². The van der Waals surface area contributed by atoms with Gasteiger partial charge in [0.25, 0.3) is 0 Å². The highest BCUT2D eigenvalue weighted by atomic mass is 16.6. The summed E-state index contributed by atoms with van der Waals surface area (Å²) in [5.41, 5.74) is 0. The Balaban J connectivity index is 4.18. The summed E-state index contributed by atoms with van der Waals surface area (Å²) < 4.78 is 49.6. The van der Waals surface area contributed by atoms with E-state index >= 15 is 0 Å². The molecule has 16 heteroatoms. The zero-order chi connectivity index (χ0) is 57.8. The van der Waals surface area contributed by atoms with Gasteiger partial charge in [-0.2, -0.15) is 0 Å². The normalized spacial score (nSPS) is 11.8. The third-order valence-corrected chi connectivity index (χ3v) is 13.4. The van der Waals surface area contributed by atoms with E-state index in [1.807, 2.05) is 0 Å². The van der Waals surface area contributed by atoms with Crippen molar-refractivity contribution in [1.82, 2.24) is 20.9 Å². The van der Waals surface area contributed by atoms with Crippen molar-refractivity contribution in [3.05, 3.63) is 24.3 Å². The molecule has 0 aromatic rings. The second kappa shape index (κ2) is 69.0. The van der Waals surface area contributed by atoms with Gasteiger partial charge in [0, 0.05) is 65.1 Å². The highest BCUT2D eigenvalue weighted by Gasteiger charge is 2.10. The molecule has 3 amide bonds. The van der Waals surface area contributed by atoms with Gasteiger partial charge in [0.05, 0.1) is 112 Å². The topological polar surface area (TPSA) is 174 Å². The molecule has 0 saturated carbocycles. The predicted octanol–water partition coefficient (Wildman–Crippen LogP) is 11.7. The highest BCUT2D eigenvalue weighted by molar-refractivity contribution is 5.76. The van der Waals surface area contributed by atoms with Crippen LogP contribution in [0.1, 0.15) is 213 Å². The molecule has 0 radical (unpaired) electrons. The maximum absolute atomic E-state index is 12.7. The molecule has 0 aromatic carbocycles. The van der Waals surface area contributed by atoms with Gasteiger partial charge in [-0.25, -0.2) is 0 Å². The minimum atomic E-state index is -0.0808. The summed E-state index contributed by atoms with van der Waals surface area (Å²) in [7, 11) is 0. The van der Waals surface area contributed by atoms with E-state index in [4.69, 9.17) is 42.6 Å². The molecule has 0 aromatic heterocycles. The fraction of sp³-hybridized carbons (Fsp3) is 0.891. The first-order chi connectivity index (χ1) is 39.5. The first kappa shape index (κ1) is 77.5. The van der Waals surface area contributed by atoms with E-state index in [-0.39, 0.29) is 24.1 Å². The van der Waals surface area contributed by atoms with Crippen LogP contribution in [0.3, 0.4) is 0 Å². The van der Waals surface area contributed by atoms with Crippen LogP contribution in [0, 0.1) is 0 Å². The SMILES string of the molecule is CCCCCCCC/C=C\CCCCCCCC(=O)NCCN(CCNC(=O)CCCCCCC/C=C\CCCCCCCC)CCNC(=O)CCOCCOCCOCCOCCOCCOCCOCCOCCOCCC. The Kier molecular flexibility index (Phi) is 66.8. The van der Waals surface area contributed by atoms with Gasteiger partial charge in [-0.1, -0.05) is 148 Å². The van der Waals surface area contributed by atoms with Crippen molar-refractivity contribution >= 4 is 17.7 Å². The van der Waals surface area contributed by atoms with E-state index in [1.165, 1.54) is 128 Å². The molecule has 0 bridgehead atoms. The molecule has 0 aliphatic carbocycles. The molecular formula is C64H124N4O12. The van der Waals surface area contributed by atoms with Crippen LogP contribution >= 0.6 is 0 Å². The molecule has 0 fully saturated rings. The lowest BCUT2D eigenvalue weighted by atomic mass is 10.1. The number of carbonyl (C=O) groups is 3. The lowest BCUT2D eigenvalue weighted by Crippen LogP contribution is -2.43. The Labute approximate surface area is 489 Å². The summed E-state index contributed by atoms with van der Waals surface area (Å²) in [4.78, 5) is 40.2. The summed E-state index contributed by atoms with van der Waals surface area (Å²) in [6.45, 7) is 19.0. The Morgan fingerprint density at radius 2 is 0.512 bits per heavy atom. The van der Waals surface area contributed by atoms with Gasteiger partial charge in [0.2, 0.25) is 17.7 Å². The van der Waals surface area contributed by atoms with Crippen LogP contribution in [0.5, 0.6) is 0 Å². The molecule has 0 rings (SSSR count). The molecule has 0 atom stereocenters. The van der Waals surface area contributed by atoms with Crippen LogP contribution in [0.15, 0.2) is 24.3 Å². The fourth-order valence-electron chi connectivity index (χ4n) is 8.54. The molecule has 80 heavy (non-hydrogen) atoms. The minimum Gasteiger partial charge on any atom is -0.379 e. The number of nitrogens with one attached hydrogen (secondary N) is 3. The standard InChI is InChI=1S/C64H124N4O12/c1-4-7-9-11-13-15-17-19-21-23-25-27-29-31-33-35-62(69)65-38-41-68(42-39-66-63(70)36-34-32-30-28-26-24-22-20-18-16-14-12-10-8-5-2)43-40-67-64(71)37-45-73-47-49-75-51-53-77-55-57-79-59-61-80-60-58-78-56-54-76-52-50-74-48-46-72-44-6-3/h19-22H,4-18,23-61H2,1-3H3,(H,65,69)(H,66,70)(H,67,71)/b21-19-,22-20-. The molecule has 0 aliphatic heterocycles. The fourth-order valence-corrected chi connectivity index (χ4v) is 8.54. The summed E-state index contributed by atoms with van der Waals surface area (Å²) >= 11 is 0. The average molecular weight is 1140 g/mol. The second-order valence-corrected chi connectivity index (χ2v) is 20.8. The minimum absolute atomic E-state index is 0.0808. The number of amides is 3. The Hall–Kier alpha value is -2.51. The summed E-state index contributed by atoms with van der Waals surface area (Å²) in [5.74, 6) is 0.0884. The van der Waals surface area contributed by atoms with Gasteiger partial charge in [0.1, 0.15) is 0 Å². The van der Waals surface area contributed by atoms with Crippen molar-refractivity contribution in [3.63, 3.8) is 0 Å². The van der Waals surface area contributed by atoms with Crippen LogP contribution < -0.4 is 16.0 Å². The van der Waals surface area contributed by atoms with E-state index in [0.29, 0.717) is 164 Å². The lowest BCUT2D eigenvalue weighted by molar-refractivity contribution is -0.122. The third-order valence-electron chi connectivity index (χ3n) is 13.4. The van der Waals surface area contributed by atoms with Crippen molar-refractivity contribution in [1.29, 1.82) is 0 Å². The number of carbonyl (C=O) groups excluding carboxylic acids is 3. The molecular weight excluding hydrogens is 1020 g/mol. The Bertz CT molecular complexity index is 1270. The number of unbranched alkanes of at least 4 members (excludes halogenated alkanes) is 22. The molecule has 0 heterocycles. The van der Waals surface area contributed by atoms with Crippen molar-refractivity contribution in [2.45, 2.75) is 213 Å². The zero-order valence-electron chi connectivity index (χ0n) is 51.8. The maximum Gasteiger partial charge on any atom is 0.222 e. The second-order valence-electron chi connectivity index (χ2n) is 20.8. The molecule has 0 spiro atoms. The van der Waals surface area contributed by atoms with Gasteiger partial charge in [0.15, 0.2) is 0 Å². The number of allylic oxidation sites excluding steroid dienone is 4. The van der Waals surface area contributed by atoms with Crippen molar-refractivity contribution < 1.29 is 57.0 Å². The van der Waals surface area contributed by atoms with Crippen LogP contribution in [0.25, 0.3) is 0 Å². The van der Waals surface area contributed by atoms with Crippen LogP contribution in [0.2, 0.25) is 0 Å². The number of nitrogens with zero attached hydrogens (tertiary/aromatic N) is 1. The number of hydrogen-bond acceptors (Lipinski definition) is 13. The van der Waals surface area contributed by atoms with E-state index < -0.39 is 0 Å². The van der Waals surface area contributed by atoms with Crippen molar-refractivity contribution in [3.8, 4) is 0 Å². The van der Waals surface area contributed by atoms with Crippen LogP contribution in [0.4, 0.5) is 0 Å². The lowest BCUT2D eigenvalue weighted by Gasteiger charge is -2.23. The van der Waals surface area contributed by atoms with Gasteiger partial charge in [-0.05, 0) is 70.6 Å². The number of rotatable bonds is 68. The Morgan fingerprint density at radius 3 is 0.800 bits per heavy atom. The molecule has 3 N–H and O–H groups in total. The van der Waals surface area contributed by atoms with Crippen molar-refractivity contribution in [2.75, 3.05) is 158 Å². The van der Waals surface area contributed by atoms with Gasteiger partial charge in [-0.3, -0.25) is 19.3 Å². The highest BCUT2D eigenvalue weighted by Crippen LogP contribution is 2.12. The Morgan fingerprint density at radius 1 is 0.275 bits per heavy atom. The average Bonchev–Trinajstić information content (AvgIpc) is 3.45. The molecule has 472 valence electrons. The van der Waals surface area contributed by atoms with Gasteiger partial charge in [-0.15, -0.1) is 0 Å². The molecule has 0 aliphatic rings. The van der Waals surface area contributed by atoms with E-state index in [9.17, 15) is 14.4 Å². The van der Waals surface area contributed by atoms with Crippen LogP contribution in [-0.2, 0) is 57.0 Å².